The van der Waals surface area contributed by atoms with E-state index in [4.69, 9.17) is 16.7 Å². The second-order valence-corrected chi connectivity index (χ2v) is 6.34. The Labute approximate surface area is 136 Å². The van der Waals surface area contributed by atoms with Crippen LogP contribution in [0.4, 0.5) is 0 Å². The van der Waals surface area contributed by atoms with Gasteiger partial charge in [-0.3, -0.25) is 9.59 Å². The van der Waals surface area contributed by atoms with Gasteiger partial charge >= 0.3 is 5.97 Å². The number of carboxylic acids is 1. The van der Waals surface area contributed by atoms with Crippen molar-refractivity contribution in [1.82, 2.24) is 9.88 Å². The van der Waals surface area contributed by atoms with E-state index in [0.717, 1.165) is 18.4 Å². The first-order valence-corrected chi connectivity index (χ1v) is 8.05. The van der Waals surface area contributed by atoms with Crippen LogP contribution in [0.2, 0.25) is 5.02 Å². The number of carbonyl (C=O) groups excluding carboxylic acids is 1. The van der Waals surface area contributed by atoms with Gasteiger partial charge in [0.25, 0.3) is 5.91 Å². The second kappa shape index (κ2) is 6.06. The minimum atomic E-state index is -1.01. The van der Waals surface area contributed by atoms with Crippen LogP contribution in [0.1, 0.15) is 23.3 Å². The highest BCUT2D eigenvalue weighted by molar-refractivity contribution is 7.13. The Morgan fingerprint density at radius 2 is 2.09 bits per heavy atom. The lowest BCUT2D eigenvalue weighted by atomic mass is 10.2. The standard InChI is InChI=1S/C15H13ClN2O3S/c16-11-4-2-1-3-10(11)14-17-12(8-22-14)15(21)18(7-13(19)20)9-5-6-9/h1-4,8-9H,5-7H2,(H,19,20). The molecule has 1 aliphatic rings. The van der Waals surface area contributed by atoms with Gasteiger partial charge in [-0.1, -0.05) is 29.8 Å². The average molecular weight is 337 g/mol. The predicted octanol–water partition coefficient (Wildman–Crippen LogP) is 3.15. The molecule has 1 aliphatic carbocycles. The van der Waals surface area contributed by atoms with Gasteiger partial charge in [0.15, 0.2) is 0 Å². The van der Waals surface area contributed by atoms with Crippen LogP contribution in [-0.2, 0) is 4.79 Å². The smallest absolute Gasteiger partial charge is 0.323 e. The fraction of sp³-hybridized carbons (Fsp3) is 0.267. The molecule has 2 aromatic rings. The number of amides is 1. The molecule has 0 bridgehead atoms. The van der Waals surface area contributed by atoms with Crippen LogP contribution in [0, 0.1) is 0 Å². The largest absolute Gasteiger partial charge is 0.480 e. The lowest BCUT2D eigenvalue weighted by Gasteiger charge is -2.18. The second-order valence-electron chi connectivity index (χ2n) is 5.08. The van der Waals surface area contributed by atoms with Gasteiger partial charge in [0, 0.05) is 17.0 Å². The molecule has 0 radical (unpaired) electrons. The molecule has 0 aliphatic heterocycles. The Bertz CT molecular complexity index is 727. The quantitative estimate of drug-likeness (QED) is 0.910. The number of benzene rings is 1. The van der Waals surface area contributed by atoms with Crippen LogP contribution in [0.25, 0.3) is 10.6 Å². The minimum Gasteiger partial charge on any atom is -0.480 e. The average Bonchev–Trinajstić information content (AvgIpc) is 3.21. The summed E-state index contributed by atoms with van der Waals surface area (Å²) in [7, 11) is 0. The molecule has 1 aromatic heterocycles. The molecule has 5 nitrogen and oxygen atoms in total. The zero-order chi connectivity index (χ0) is 15.7. The molecule has 1 heterocycles. The molecule has 114 valence electrons. The van der Waals surface area contributed by atoms with Gasteiger partial charge in [-0.2, -0.15) is 0 Å². The fourth-order valence-electron chi connectivity index (χ4n) is 2.18. The summed E-state index contributed by atoms with van der Waals surface area (Å²) in [5.41, 5.74) is 1.04. The Balaban J connectivity index is 1.85. The SMILES string of the molecule is O=C(O)CN(C(=O)c1csc(-c2ccccc2Cl)n1)C1CC1. The van der Waals surface area contributed by atoms with Crippen LogP contribution < -0.4 is 0 Å². The van der Waals surface area contributed by atoms with E-state index in [9.17, 15) is 9.59 Å². The van der Waals surface area contributed by atoms with E-state index in [2.05, 4.69) is 4.98 Å². The van der Waals surface area contributed by atoms with Crippen molar-refractivity contribution in [3.63, 3.8) is 0 Å². The van der Waals surface area contributed by atoms with Crippen molar-refractivity contribution in [2.75, 3.05) is 6.54 Å². The molecule has 0 saturated heterocycles. The van der Waals surface area contributed by atoms with Gasteiger partial charge in [-0.05, 0) is 18.9 Å². The van der Waals surface area contributed by atoms with E-state index in [1.165, 1.54) is 16.2 Å². The Kier molecular flexibility index (Phi) is 4.13. The highest BCUT2D eigenvalue weighted by Crippen LogP contribution is 2.32. The summed E-state index contributed by atoms with van der Waals surface area (Å²) in [6.07, 6.45) is 1.70. The van der Waals surface area contributed by atoms with Crippen LogP contribution in [-0.4, -0.2) is 39.5 Å². The Morgan fingerprint density at radius 3 is 2.73 bits per heavy atom. The highest BCUT2D eigenvalue weighted by Gasteiger charge is 2.35. The molecule has 1 amide bonds. The van der Waals surface area contributed by atoms with E-state index in [1.54, 1.807) is 11.4 Å². The number of halogens is 1. The molecule has 22 heavy (non-hydrogen) atoms. The topological polar surface area (TPSA) is 70.5 Å². The van der Waals surface area contributed by atoms with Gasteiger partial charge in [0.2, 0.25) is 0 Å². The van der Waals surface area contributed by atoms with Crippen molar-refractivity contribution in [1.29, 1.82) is 0 Å². The maximum Gasteiger partial charge on any atom is 0.323 e. The molecular formula is C15H13ClN2O3S. The van der Waals surface area contributed by atoms with Crippen LogP contribution in [0.3, 0.4) is 0 Å². The summed E-state index contributed by atoms with van der Waals surface area (Å²) in [4.78, 5) is 29.1. The van der Waals surface area contributed by atoms with Crippen molar-refractivity contribution < 1.29 is 14.7 Å². The van der Waals surface area contributed by atoms with Gasteiger partial charge in [0.1, 0.15) is 17.2 Å². The molecule has 1 fully saturated rings. The van der Waals surface area contributed by atoms with E-state index >= 15 is 0 Å². The Hall–Kier alpha value is -1.92. The minimum absolute atomic E-state index is 0.0223. The summed E-state index contributed by atoms with van der Waals surface area (Å²) in [5, 5.41) is 11.8. The van der Waals surface area contributed by atoms with Crippen molar-refractivity contribution >= 4 is 34.8 Å². The monoisotopic (exact) mass is 336 g/mol. The fourth-order valence-corrected chi connectivity index (χ4v) is 3.29. The van der Waals surface area contributed by atoms with E-state index in [0.29, 0.717) is 10.0 Å². The van der Waals surface area contributed by atoms with Crippen molar-refractivity contribution in [3.8, 4) is 10.6 Å². The number of carbonyl (C=O) groups is 2. The molecular weight excluding hydrogens is 324 g/mol. The number of carboxylic acid groups (broad SMARTS) is 1. The predicted molar refractivity (Wildman–Crippen MR) is 84.3 cm³/mol. The zero-order valence-corrected chi connectivity index (χ0v) is 13.1. The third-order valence-corrected chi connectivity index (χ3v) is 4.59. The summed E-state index contributed by atoms with van der Waals surface area (Å²) in [6, 6.07) is 7.30. The van der Waals surface area contributed by atoms with Crippen molar-refractivity contribution in [3.05, 3.63) is 40.4 Å². The molecule has 7 heteroatoms. The van der Waals surface area contributed by atoms with Gasteiger partial charge < -0.3 is 10.0 Å². The van der Waals surface area contributed by atoms with E-state index in [1.807, 2.05) is 18.2 Å². The molecule has 0 atom stereocenters. The first-order valence-electron chi connectivity index (χ1n) is 6.79. The number of aliphatic carboxylic acids is 1. The number of hydrogen-bond acceptors (Lipinski definition) is 4. The molecule has 1 aromatic carbocycles. The third kappa shape index (κ3) is 3.13. The maximum absolute atomic E-state index is 12.5. The first kappa shape index (κ1) is 15.0. The number of aromatic nitrogens is 1. The van der Waals surface area contributed by atoms with E-state index < -0.39 is 5.97 Å². The molecule has 1 N–H and O–H groups in total. The normalized spacial score (nSPS) is 13.9. The van der Waals surface area contributed by atoms with Gasteiger partial charge in [0.05, 0.1) is 5.02 Å². The third-order valence-electron chi connectivity index (χ3n) is 3.38. The zero-order valence-electron chi connectivity index (χ0n) is 11.5. The lowest BCUT2D eigenvalue weighted by molar-refractivity contribution is -0.137. The number of rotatable bonds is 5. The lowest BCUT2D eigenvalue weighted by Crippen LogP contribution is -2.37. The molecule has 1 saturated carbocycles. The summed E-state index contributed by atoms with van der Waals surface area (Å²) in [5.74, 6) is -1.35. The maximum atomic E-state index is 12.5. The molecule has 0 unspecified atom stereocenters. The van der Waals surface area contributed by atoms with Crippen LogP contribution in [0.5, 0.6) is 0 Å². The van der Waals surface area contributed by atoms with Crippen LogP contribution in [0.15, 0.2) is 29.6 Å². The van der Waals surface area contributed by atoms with Crippen molar-refractivity contribution in [2.45, 2.75) is 18.9 Å². The van der Waals surface area contributed by atoms with Gasteiger partial charge in [-0.15, -0.1) is 11.3 Å². The summed E-state index contributed by atoms with van der Waals surface area (Å²) in [6.45, 7) is -0.289. The molecule has 3 rings (SSSR count). The number of hydrogen-bond donors (Lipinski definition) is 1. The molecule has 0 spiro atoms. The highest BCUT2D eigenvalue weighted by atomic mass is 35.5. The van der Waals surface area contributed by atoms with Crippen molar-refractivity contribution in [2.24, 2.45) is 0 Å². The Morgan fingerprint density at radius 1 is 1.36 bits per heavy atom. The van der Waals surface area contributed by atoms with E-state index in [-0.39, 0.29) is 24.2 Å². The summed E-state index contributed by atoms with van der Waals surface area (Å²) >= 11 is 7.46. The number of thiazole rings is 1. The first-order chi connectivity index (χ1) is 10.6. The summed E-state index contributed by atoms with van der Waals surface area (Å²) < 4.78 is 0. The van der Waals surface area contributed by atoms with Crippen LogP contribution >= 0.6 is 22.9 Å². The van der Waals surface area contributed by atoms with Gasteiger partial charge in [-0.25, -0.2) is 4.98 Å². The number of nitrogens with zero attached hydrogens (tertiary/aromatic N) is 2.